The van der Waals surface area contributed by atoms with Crippen molar-refractivity contribution in [2.75, 3.05) is 11.1 Å². The number of aromatic hydroxyl groups is 1. The van der Waals surface area contributed by atoms with E-state index in [9.17, 15) is 9.90 Å². The number of nitrogen functional groups attached to an aromatic ring is 1. The number of rotatable bonds is 2. The van der Waals surface area contributed by atoms with Crippen LogP contribution in [-0.2, 0) is 0 Å². The highest BCUT2D eigenvalue weighted by molar-refractivity contribution is 9.09. The van der Waals surface area contributed by atoms with Gasteiger partial charge in [-0.1, -0.05) is 15.9 Å². The summed E-state index contributed by atoms with van der Waals surface area (Å²) in [6, 6.07) is 4.30. The number of Topliss-reactive ketones (excluding diaryl/α,β-unsaturated/α-hetero) is 1. The zero-order valence-corrected chi connectivity index (χ0v) is 8.71. The number of nitrogens with zero attached hydrogens (tertiary/aromatic N) is 1. The van der Waals surface area contributed by atoms with Crippen molar-refractivity contribution in [1.82, 2.24) is 0 Å². The molecular weight excluding hydrogens is 248 g/mol. The van der Waals surface area contributed by atoms with Gasteiger partial charge in [0.25, 0.3) is 0 Å². The van der Waals surface area contributed by atoms with Gasteiger partial charge in [0, 0.05) is 11.6 Å². The number of nitrogens with two attached hydrogens (primary N) is 1. The van der Waals surface area contributed by atoms with E-state index >= 15 is 0 Å². The molecule has 0 aliphatic rings. The van der Waals surface area contributed by atoms with E-state index in [0.717, 1.165) is 0 Å². The Bertz CT molecular complexity index is 424. The number of phenols is 1. The lowest BCUT2D eigenvalue weighted by Crippen LogP contribution is -2.05. The molecule has 14 heavy (non-hydrogen) atoms. The number of carbonyl (C=O) groups is 1. The summed E-state index contributed by atoms with van der Waals surface area (Å²) in [5.74, 6) is -0.407. The van der Waals surface area contributed by atoms with Crippen molar-refractivity contribution in [3.05, 3.63) is 23.3 Å². The lowest BCUT2D eigenvalue weighted by molar-refractivity contribution is 0.102. The zero-order chi connectivity index (χ0) is 10.7. The highest BCUT2D eigenvalue weighted by Gasteiger charge is 2.14. The fourth-order valence-corrected chi connectivity index (χ4v) is 1.37. The number of anilines is 1. The number of alkyl halides is 1. The van der Waals surface area contributed by atoms with Gasteiger partial charge in [0.15, 0.2) is 5.78 Å². The Morgan fingerprint density at radius 2 is 2.29 bits per heavy atom. The number of ketones is 1. The van der Waals surface area contributed by atoms with Crippen LogP contribution in [0.5, 0.6) is 5.75 Å². The molecule has 0 heterocycles. The predicted molar refractivity (Wildman–Crippen MR) is 55.4 cm³/mol. The maximum atomic E-state index is 11.3. The number of nitriles is 1. The van der Waals surface area contributed by atoms with E-state index < -0.39 is 0 Å². The van der Waals surface area contributed by atoms with Crippen LogP contribution in [0.25, 0.3) is 0 Å². The molecule has 0 unspecified atom stereocenters. The van der Waals surface area contributed by atoms with Crippen LogP contribution in [0.4, 0.5) is 5.69 Å². The SMILES string of the molecule is N#Cc1c(N)cc(O)cc1C(=O)CBr. The Balaban J connectivity index is 3.41. The molecule has 0 radical (unpaired) electrons. The van der Waals surface area contributed by atoms with Gasteiger partial charge in [0.1, 0.15) is 11.8 Å². The van der Waals surface area contributed by atoms with Gasteiger partial charge in [0.05, 0.1) is 16.6 Å². The first-order chi connectivity index (χ1) is 6.60. The summed E-state index contributed by atoms with van der Waals surface area (Å²) in [6.45, 7) is 0. The quantitative estimate of drug-likeness (QED) is 0.475. The number of benzene rings is 1. The first-order valence-corrected chi connectivity index (χ1v) is 4.84. The van der Waals surface area contributed by atoms with Gasteiger partial charge in [-0.3, -0.25) is 4.79 Å². The van der Waals surface area contributed by atoms with E-state index in [1.54, 1.807) is 0 Å². The molecule has 0 aliphatic heterocycles. The lowest BCUT2D eigenvalue weighted by atomic mass is 10.0. The van der Waals surface area contributed by atoms with Crippen LogP contribution in [-0.4, -0.2) is 16.2 Å². The summed E-state index contributed by atoms with van der Waals surface area (Å²) >= 11 is 2.98. The number of hydrogen-bond acceptors (Lipinski definition) is 4. The average Bonchev–Trinajstić information content (AvgIpc) is 2.15. The molecule has 1 aromatic carbocycles. The van der Waals surface area contributed by atoms with Crippen molar-refractivity contribution in [3.63, 3.8) is 0 Å². The molecule has 0 bridgehead atoms. The van der Waals surface area contributed by atoms with Crippen molar-refractivity contribution in [1.29, 1.82) is 5.26 Å². The van der Waals surface area contributed by atoms with E-state index in [-0.39, 0.29) is 33.7 Å². The third kappa shape index (κ3) is 1.86. The van der Waals surface area contributed by atoms with Crippen molar-refractivity contribution >= 4 is 27.4 Å². The molecule has 0 saturated heterocycles. The van der Waals surface area contributed by atoms with E-state index in [1.807, 2.05) is 6.07 Å². The van der Waals surface area contributed by atoms with Gasteiger partial charge in [0.2, 0.25) is 0 Å². The van der Waals surface area contributed by atoms with Gasteiger partial charge in [-0.2, -0.15) is 5.26 Å². The molecule has 1 rings (SSSR count). The molecule has 3 N–H and O–H groups in total. The van der Waals surface area contributed by atoms with Crippen LogP contribution >= 0.6 is 15.9 Å². The number of phenolic OH excluding ortho intramolecular Hbond substituents is 1. The minimum atomic E-state index is -0.288. The van der Waals surface area contributed by atoms with Gasteiger partial charge in [-0.05, 0) is 6.07 Å². The molecule has 4 nitrogen and oxygen atoms in total. The van der Waals surface area contributed by atoms with Gasteiger partial charge in [-0.15, -0.1) is 0 Å². The van der Waals surface area contributed by atoms with Crippen LogP contribution in [0.1, 0.15) is 15.9 Å². The molecule has 0 saturated carbocycles. The monoisotopic (exact) mass is 254 g/mol. The summed E-state index contributed by atoms with van der Waals surface area (Å²) in [5.41, 5.74) is 5.83. The molecule has 1 aromatic rings. The Kier molecular flexibility index (Phi) is 3.10. The Labute approximate surface area is 89.1 Å². The maximum absolute atomic E-state index is 11.3. The Hall–Kier alpha value is -1.54. The summed E-state index contributed by atoms with van der Waals surface area (Å²) in [6.07, 6.45) is 0. The number of hydrogen-bond donors (Lipinski definition) is 2. The van der Waals surface area contributed by atoms with E-state index in [2.05, 4.69) is 15.9 Å². The highest BCUT2D eigenvalue weighted by Crippen LogP contribution is 2.23. The number of carbonyl (C=O) groups excluding carboxylic acids is 1. The van der Waals surface area contributed by atoms with E-state index in [4.69, 9.17) is 11.0 Å². The molecule has 0 atom stereocenters. The largest absolute Gasteiger partial charge is 0.508 e. The van der Waals surface area contributed by atoms with E-state index in [0.29, 0.717) is 0 Å². The second-order valence-electron chi connectivity index (χ2n) is 2.63. The van der Waals surface area contributed by atoms with Crippen LogP contribution in [0.2, 0.25) is 0 Å². The third-order valence-electron chi connectivity index (χ3n) is 1.69. The van der Waals surface area contributed by atoms with Crippen LogP contribution in [0.15, 0.2) is 12.1 Å². The van der Waals surface area contributed by atoms with Gasteiger partial charge >= 0.3 is 0 Å². The predicted octanol–water partition coefficient (Wildman–Crippen LogP) is 1.42. The average molecular weight is 255 g/mol. The molecule has 72 valence electrons. The van der Waals surface area contributed by atoms with Crippen molar-refractivity contribution < 1.29 is 9.90 Å². The molecular formula is C9H7BrN2O2. The van der Waals surface area contributed by atoms with E-state index in [1.165, 1.54) is 12.1 Å². The zero-order valence-electron chi connectivity index (χ0n) is 7.12. The minimum Gasteiger partial charge on any atom is -0.508 e. The lowest BCUT2D eigenvalue weighted by Gasteiger charge is -2.04. The van der Waals surface area contributed by atoms with Crippen LogP contribution in [0.3, 0.4) is 0 Å². The minimum absolute atomic E-state index is 0.0879. The third-order valence-corrected chi connectivity index (χ3v) is 2.20. The molecule has 0 spiro atoms. The van der Waals surface area contributed by atoms with Crippen molar-refractivity contribution in [2.45, 2.75) is 0 Å². The van der Waals surface area contributed by atoms with Crippen molar-refractivity contribution in [2.24, 2.45) is 0 Å². The standard InChI is InChI=1S/C9H7BrN2O2/c10-3-9(14)6-1-5(13)2-8(12)7(6)4-11/h1-2,13H,3,12H2. The first kappa shape index (κ1) is 10.5. The topological polar surface area (TPSA) is 87.1 Å². The fraction of sp³-hybridized carbons (Fsp3) is 0.111. The smallest absolute Gasteiger partial charge is 0.174 e. The molecule has 0 aliphatic carbocycles. The summed E-state index contributed by atoms with van der Waals surface area (Å²) < 4.78 is 0. The fourth-order valence-electron chi connectivity index (χ4n) is 1.07. The Morgan fingerprint density at radius 3 is 2.79 bits per heavy atom. The maximum Gasteiger partial charge on any atom is 0.174 e. The summed E-state index contributed by atoms with van der Waals surface area (Å²) in [4.78, 5) is 11.3. The second-order valence-corrected chi connectivity index (χ2v) is 3.19. The van der Waals surface area contributed by atoms with Crippen LogP contribution < -0.4 is 5.73 Å². The Morgan fingerprint density at radius 1 is 1.64 bits per heavy atom. The molecule has 0 fully saturated rings. The van der Waals surface area contributed by atoms with Gasteiger partial charge in [-0.25, -0.2) is 0 Å². The highest BCUT2D eigenvalue weighted by atomic mass is 79.9. The summed E-state index contributed by atoms with van der Waals surface area (Å²) in [5, 5.41) is 18.0. The number of halogens is 1. The molecule has 5 heteroatoms. The van der Waals surface area contributed by atoms with Crippen molar-refractivity contribution in [3.8, 4) is 11.8 Å². The normalized spacial score (nSPS) is 9.43. The second kappa shape index (κ2) is 4.11. The van der Waals surface area contributed by atoms with Gasteiger partial charge < -0.3 is 10.8 Å². The molecule has 0 aromatic heterocycles. The first-order valence-electron chi connectivity index (χ1n) is 3.72. The summed E-state index contributed by atoms with van der Waals surface area (Å²) in [7, 11) is 0. The molecule has 0 amide bonds. The van der Waals surface area contributed by atoms with Crippen LogP contribution in [0, 0.1) is 11.3 Å².